The Kier molecular flexibility index (Phi) is 2.67. The number of hydrogen-bond acceptors (Lipinski definition) is 3. The van der Waals surface area contributed by atoms with Crippen LogP contribution in [0.4, 0.5) is 0 Å². The molecule has 4 heteroatoms. The van der Waals surface area contributed by atoms with Crippen LogP contribution in [0.3, 0.4) is 0 Å². The molecule has 16 heavy (non-hydrogen) atoms. The SMILES string of the molecule is NCC1CCCCC1c1nc(C2CC2)n[nH]1. The molecule has 0 amide bonds. The molecule has 0 radical (unpaired) electrons. The number of H-pyrrole nitrogens is 1. The van der Waals surface area contributed by atoms with Crippen LogP contribution in [-0.2, 0) is 0 Å². The molecule has 0 bridgehead atoms. The number of hydrogen-bond donors (Lipinski definition) is 2. The monoisotopic (exact) mass is 220 g/mol. The average molecular weight is 220 g/mol. The van der Waals surface area contributed by atoms with Crippen molar-refractivity contribution < 1.29 is 0 Å². The Labute approximate surface area is 96.0 Å². The van der Waals surface area contributed by atoms with Gasteiger partial charge in [0.05, 0.1) is 0 Å². The van der Waals surface area contributed by atoms with Gasteiger partial charge in [0.25, 0.3) is 0 Å². The first-order valence-electron chi connectivity index (χ1n) is 6.50. The summed E-state index contributed by atoms with van der Waals surface area (Å²) >= 11 is 0. The summed E-state index contributed by atoms with van der Waals surface area (Å²) in [5.41, 5.74) is 5.85. The zero-order valence-electron chi connectivity index (χ0n) is 9.65. The van der Waals surface area contributed by atoms with Crippen LogP contribution >= 0.6 is 0 Å². The molecule has 4 nitrogen and oxygen atoms in total. The van der Waals surface area contributed by atoms with Crippen molar-refractivity contribution in [2.75, 3.05) is 6.54 Å². The van der Waals surface area contributed by atoms with E-state index in [9.17, 15) is 0 Å². The molecule has 2 unspecified atom stereocenters. The van der Waals surface area contributed by atoms with E-state index in [-0.39, 0.29) is 0 Å². The normalized spacial score (nSPS) is 30.6. The number of nitrogens with one attached hydrogen (secondary N) is 1. The van der Waals surface area contributed by atoms with Gasteiger partial charge < -0.3 is 5.73 Å². The number of nitrogens with zero attached hydrogens (tertiary/aromatic N) is 2. The Morgan fingerprint density at radius 2 is 2.00 bits per heavy atom. The zero-order valence-corrected chi connectivity index (χ0v) is 9.65. The molecule has 88 valence electrons. The standard InChI is InChI=1S/C12H20N4/c13-7-9-3-1-2-4-10(9)12-14-11(15-16-12)8-5-6-8/h8-10H,1-7,13H2,(H,14,15,16). The smallest absolute Gasteiger partial charge is 0.153 e. The van der Waals surface area contributed by atoms with Crippen molar-refractivity contribution in [3.8, 4) is 0 Å². The van der Waals surface area contributed by atoms with Crippen molar-refractivity contribution in [2.24, 2.45) is 11.7 Å². The van der Waals surface area contributed by atoms with E-state index >= 15 is 0 Å². The van der Waals surface area contributed by atoms with Gasteiger partial charge in [0.2, 0.25) is 0 Å². The highest BCUT2D eigenvalue weighted by Gasteiger charge is 2.31. The molecule has 2 aliphatic carbocycles. The van der Waals surface area contributed by atoms with Crippen LogP contribution in [0.2, 0.25) is 0 Å². The summed E-state index contributed by atoms with van der Waals surface area (Å²) in [6.07, 6.45) is 7.63. The van der Waals surface area contributed by atoms with Gasteiger partial charge in [-0.3, -0.25) is 5.10 Å². The van der Waals surface area contributed by atoms with Crippen molar-refractivity contribution in [3.05, 3.63) is 11.6 Å². The van der Waals surface area contributed by atoms with E-state index < -0.39 is 0 Å². The lowest BCUT2D eigenvalue weighted by atomic mass is 9.79. The fraction of sp³-hybridized carbons (Fsp3) is 0.833. The maximum absolute atomic E-state index is 5.85. The van der Waals surface area contributed by atoms with E-state index in [0.717, 1.165) is 18.2 Å². The summed E-state index contributed by atoms with van der Waals surface area (Å²) < 4.78 is 0. The van der Waals surface area contributed by atoms with E-state index in [0.29, 0.717) is 17.8 Å². The third kappa shape index (κ3) is 1.86. The molecule has 3 N–H and O–H groups in total. The van der Waals surface area contributed by atoms with Gasteiger partial charge in [-0.1, -0.05) is 12.8 Å². The minimum absolute atomic E-state index is 0.527. The summed E-state index contributed by atoms with van der Waals surface area (Å²) in [5.74, 6) is 3.91. The van der Waals surface area contributed by atoms with Gasteiger partial charge >= 0.3 is 0 Å². The first-order chi connectivity index (χ1) is 7.88. The van der Waals surface area contributed by atoms with Crippen LogP contribution in [0.25, 0.3) is 0 Å². The molecule has 1 aromatic heterocycles. The fourth-order valence-corrected chi connectivity index (χ4v) is 2.83. The van der Waals surface area contributed by atoms with Crippen LogP contribution < -0.4 is 5.73 Å². The van der Waals surface area contributed by atoms with Crippen molar-refractivity contribution in [3.63, 3.8) is 0 Å². The van der Waals surface area contributed by atoms with Gasteiger partial charge in [0.1, 0.15) is 5.82 Å². The Hall–Kier alpha value is -0.900. The second kappa shape index (κ2) is 4.17. The van der Waals surface area contributed by atoms with Gasteiger partial charge in [-0.05, 0) is 38.1 Å². The Bertz CT molecular complexity index is 356. The second-order valence-electron chi connectivity index (χ2n) is 5.24. The number of aromatic nitrogens is 3. The molecule has 2 atom stereocenters. The van der Waals surface area contributed by atoms with Crippen LogP contribution in [0.15, 0.2) is 0 Å². The van der Waals surface area contributed by atoms with Gasteiger partial charge in [0.15, 0.2) is 5.82 Å². The molecular weight excluding hydrogens is 200 g/mol. The average Bonchev–Trinajstić information content (AvgIpc) is 3.07. The summed E-state index contributed by atoms with van der Waals surface area (Å²) in [6, 6.07) is 0. The van der Waals surface area contributed by atoms with E-state index in [4.69, 9.17) is 5.73 Å². The molecule has 0 saturated heterocycles. The Morgan fingerprint density at radius 1 is 1.19 bits per heavy atom. The molecule has 0 spiro atoms. The van der Waals surface area contributed by atoms with E-state index in [2.05, 4.69) is 15.2 Å². The highest BCUT2D eigenvalue weighted by Crippen LogP contribution is 2.40. The zero-order chi connectivity index (χ0) is 11.0. The van der Waals surface area contributed by atoms with Crippen LogP contribution in [0, 0.1) is 5.92 Å². The quantitative estimate of drug-likeness (QED) is 0.817. The number of rotatable bonds is 3. The van der Waals surface area contributed by atoms with Crippen molar-refractivity contribution in [1.82, 2.24) is 15.2 Å². The molecule has 3 rings (SSSR count). The number of aromatic amines is 1. The lowest BCUT2D eigenvalue weighted by molar-refractivity contribution is 0.304. The lowest BCUT2D eigenvalue weighted by Gasteiger charge is -2.28. The molecule has 0 aromatic carbocycles. The Balaban J connectivity index is 1.77. The van der Waals surface area contributed by atoms with Gasteiger partial charge in [-0.2, -0.15) is 5.10 Å². The first-order valence-corrected chi connectivity index (χ1v) is 6.50. The molecule has 2 saturated carbocycles. The summed E-state index contributed by atoms with van der Waals surface area (Å²) in [7, 11) is 0. The Morgan fingerprint density at radius 3 is 2.75 bits per heavy atom. The maximum Gasteiger partial charge on any atom is 0.153 e. The fourth-order valence-electron chi connectivity index (χ4n) is 2.83. The minimum atomic E-state index is 0.527. The van der Waals surface area contributed by atoms with Crippen LogP contribution in [-0.4, -0.2) is 21.7 Å². The summed E-state index contributed by atoms with van der Waals surface area (Å²) in [6.45, 7) is 0.782. The highest BCUT2D eigenvalue weighted by atomic mass is 15.2. The van der Waals surface area contributed by atoms with Gasteiger partial charge in [0, 0.05) is 11.8 Å². The minimum Gasteiger partial charge on any atom is -0.330 e. The second-order valence-corrected chi connectivity index (χ2v) is 5.24. The van der Waals surface area contributed by atoms with E-state index in [1.807, 2.05) is 0 Å². The topological polar surface area (TPSA) is 67.6 Å². The molecular formula is C12H20N4. The molecule has 0 aliphatic heterocycles. The molecule has 2 aliphatic rings. The highest BCUT2D eigenvalue weighted by molar-refractivity contribution is 5.08. The maximum atomic E-state index is 5.85. The van der Waals surface area contributed by atoms with Crippen molar-refractivity contribution in [2.45, 2.75) is 50.4 Å². The third-order valence-electron chi connectivity index (χ3n) is 4.03. The van der Waals surface area contributed by atoms with Crippen molar-refractivity contribution >= 4 is 0 Å². The van der Waals surface area contributed by atoms with Gasteiger partial charge in [-0.25, -0.2) is 4.98 Å². The summed E-state index contributed by atoms with van der Waals surface area (Å²) in [5, 5.41) is 7.49. The predicted molar refractivity (Wildman–Crippen MR) is 62.1 cm³/mol. The first kappa shape index (κ1) is 10.3. The molecule has 1 aromatic rings. The summed E-state index contributed by atoms with van der Waals surface area (Å²) in [4.78, 5) is 4.67. The third-order valence-corrected chi connectivity index (χ3v) is 4.03. The van der Waals surface area contributed by atoms with E-state index in [1.165, 1.54) is 38.5 Å². The lowest BCUT2D eigenvalue weighted by Crippen LogP contribution is -2.26. The van der Waals surface area contributed by atoms with Crippen molar-refractivity contribution in [1.29, 1.82) is 0 Å². The molecule has 1 heterocycles. The number of nitrogens with two attached hydrogens (primary N) is 1. The van der Waals surface area contributed by atoms with Gasteiger partial charge in [-0.15, -0.1) is 0 Å². The van der Waals surface area contributed by atoms with Crippen LogP contribution in [0.5, 0.6) is 0 Å². The largest absolute Gasteiger partial charge is 0.330 e. The van der Waals surface area contributed by atoms with Crippen LogP contribution in [0.1, 0.15) is 62.0 Å². The molecule has 2 fully saturated rings. The van der Waals surface area contributed by atoms with E-state index in [1.54, 1.807) is 0 Å². The predicted octanol–water partition coefficient (Wildman–Crippen LogP) is 1.91.